The van der Waals surface area contributed by atoms with Crippen molar-refractivity contribution < 1.29 is 19.2 Å². The van der Waals surface area contributed by atoms with Gasteiger partial charge in [-0.2, -0.15) is 0 Å². The molecule has 0 saturated heterocycles. The summed E-state index contributed by atoms with van der Waals surface area (Å²) in [4.78, 5) is 22.6. The molecule has 0 aromatic heterocycles. The molecule has 0 heterocycles. The predicted molar refractivity (Wildman–Crippen MR) is 106 cm³/mol. The number of ether oxygens (including phenoxy) is 1. The number of nitrogens with zero attached hydrogens (tertiary/aromatic N) is 2. The molecule has 1 aliphatic carbocycles. The molecule has 0 N–H and O–H groups in total. The largest absolute Gasteiger partial charge is 0.464 e. The molecule has 0 unspecified atom stereocenters. The summed E-state index contributed by atoms with van der Waals surface area (Å²) in [5.41, 5.74) is 5.23. The first-order chi connectivity index (χ1) is 11.6. The molecule has 0 bridgehead atoms. The number of carbonyl (C=O) groups excluding carboxylic acids is 1. The second kappa shape index (κ2) is 10.1. The minimum Gasteiger partial charge on any atom is -0.464 e. The van der Waals surface area contributed by atoms with Gasteiger partial charge in [0.1, 0.15) is 13.7 Å². The lowest BCUT2D eigenvalue weighted by molar-refractivity contribution is -0.132. The van der Waals surface area contributed by atoms with Gasteiger partial charge in [0.25, 0.3) is 0 Å². The molecule has 0 radical (unpaired) electrons. The number of hydrogen-bond donors (Lipinski definition) is 0. The molecule has 6 heteroatoms. The topological polar surface area (TPSA) is 69.5 Å². The molecule has 0 atom stereocenters. The van der Waals surface area contributed by atoms with E-state index in [4.69, 9.17) is 14.4 Å². The Morgan fingerprint density at radius 3 is 2.15 bits per heavy atom. The predicted octanol–water partition coefficient (Wildman–Crippen LogP) is 4.66. The van der Waals surface area contributed by atoms with Crippen molar-refractivity contribution in [3.63, 3.8) is 0 Å². The quantitative estimate of drug-likeness (QED) is 0.284. The van der Waals surface area contributed by atoms with Crippen LogP contribution in [0.3, 0.4) is 0 Å². The van der Waals surface area contributed by atoms with Crippen molar-refractivity contribution in [3.05, 3.63) is 22.3 Å². The van der Waals surface area contributed by atoms with E-state index in [9.17, 15) is 4.79 Å². The molecular formula is C20H34N2O4. The van der Waals surface area contributed by atoms with Crippen LogP contribution in [-0.4, -0.2) is 38.2 Å². The molecule has 0 spiro atoms. The molecule has 0 aliphatic heterocycles. The number of rotatable bonds is 7. The van der Waals surface area contributed by atoms with Crippen molar-refractivity contribution in [2.75, 3.05) is 20.8 Å². The summed E-state index contributed by atoms with van der Waals surface area (Å²) in [5, 5.41) is 7.98. The molecule has 0 aromatic rings. The van der Waals surface area contributed by atoms with Crippen LogP contribution in [0.4, 0.5) is 0 Å². The highest BCUT2D eigenvalue weighted by molar-refractivity contribution is 6.43. The maximum Gasteiger partial charge on any atom is 0.360 e. The van der Waals surface area contributed by atoms with Crippen LogP contribution < -0.4 is 0 Å². The number of methoxy groups -OCH3 is 1. The van der Waals surface area contributed by atoms with Crippen molar-refractivity contribution >= 4 is 17.4 Å². The number of allylic oxidation sites excluding steroid dienone is 2. The molecule has 0 fully saturated rings. The zero-order chi connectivity index (χ0) is 19.2. The highest BCUT2D eigenvalue weighted by atomic mass is 16.6. The second-order valence-electron chi connectivity index (χ2n) is 7.18. The van der Waals surface area contributed by atoms with E-state index in [0.29, 0.717) is 13.0 Å². The summed E-state index contributed by atoms with van der Waals surface area (Å²) in [7, 11) is 2.77. The van der Waals surface area contributed by atoms with Gasteiger partial charge < -0.3 is 14.4 Å². The number of hydrogen-bond acceptors (Lipinski definition) is 6. The lowest BCUT2D eigenvalue weighted by atomic mass is 9.73. The molecule has 1 aliphatic rings. The van der Waals surface area contributed by atoms with Gasteiger partial charge >= 0.3 is 5.97 Å². The van der Waals surface area contributed by atoms with Crippen molar-refractivity contribution in [1.29, 1.82) is 0 Å². The van der Waals surface area contributed by atoms with Gasteiger partial charge in [-0.25, -0.2) is 4.79 Å². The average molecular weight is 367 g/mol. The fraction of sp³-hybridized carbons (Fsp3) is 0.650. The van der Waals surface area contributed by atoms with E-state index >= 15 is 0 Å². The molecule has 6 nitrogen and oxygen atoms in total. The van der Waals surface area contributed by atoms with E-state index in [-0.39, 0.29) is 18.6 Å². The van der Waals surface area contributed by atoms with Gasteiger partial charge in [0, 0.05) is 5.41 Å². The minimum absolute atomic E-state index is 0. The fourth-order valence-corrected chi connectivity index (χ4v) is 2.73. The van der Waals surface area contributed by atoms with Gasteiger partial charge in [-0.3, -0.25) is 0 Å². The van der Waals surface area contributed by atoms with Crippen molar-refractivity contribution in [2.45, 2.75) is 61.8 Å². The summed E-state index contributed by atoms with van der Waals surface area (Å²) in [6.45, 7) is 12.5. The van der Waals surface area contributed by atoms with Gasteiger partial charge in [-0.1, -0.05) is 48.3 Å². The average Bonchev–Trinajstić information content (AvgIpc) is 2.53. The van der Waals surface area contributed by atoms with Crippen LogP contribution >= 0.6 is 0 Å². The molecule has 0 amide bonds. The smallest absolute Gasteiger partial charge is 0.360 e. The zero-order valence-corrected chi connectivity index (χ0v) is 16.6. The van der Waals surface area contributed by atoms with Gasteiger partial charge in [0.05, 0.1) is 12.8 Å². The molecule has 148 valence electrons. The monoisotopic (exact) mass is 366 g/mol. The van der Waals surface area contributed by atoms with Gasteiger partial charge in [-0.15, -0.1) is 0 Å². The Kier molecular flexibility index (Phi) is 9.32. The van der Waals surface area contributed by atoms with Crippen molar-refractivity contribution in [3.8, 4) is 0 Å². The van der Waals surface area contributed by atoms with E-state index < -0.39 is 5.97 Å². The van der Waals surface area contributed by atoms with Gasteiger partial charge in [0.2, 0.25) is 0 Å². The van der Waals surface area contributed by atoms with E-state index in [1.165, 1.54) is 25.4 Å². The van der Waals surface area contributed by atoms with Crippen molar-refractivity contribution in [2.24, 2.45) is 15.7 Å². The summed E-state index contributed by atoms with van der Waals surface area (Å²) in [6.07, 6.45) is 1.39. The Morgan fingerprint density at radius 2 is 1.65 bits per heavy atom. The third-order valence-electron chi connectivity index (χ3n) is 4.31. The van der Waals surface area contributed by atoms with Crippen LogP contribution in [0.1, 0.15) is 61.8 Å². The summed E-state index contributed by atoms with van der Waals surface area (Å²) >= 11 is 0. The number of carbonyl (C=O) groups is 1. The standard InChI is InChI=1S/C19H30N2O4.CH4/c1-12(2)20-25-11-19(5,6)16-10-14(4)13(3)9-15(16)17(21-24-8)18(22)23-7;/h9-11H2,1-8H3;1H4/b21-17-;. The highest BCUT2D eigenvalue weighted by Gasteiger charge is 2.34. The highest BCUT2D eigenvalue weighted by Crippen LogP contribution is 2.41. The maximum atomic E-state index is 12.2. The maximum absolute atomic E-state index is 12.2. The fourth-order valence-electron chi connectivity index (χ4n) is 2.73. The SMILES string of the molecule is C.CO/N=C(\C(=O)OC)C1=C(C(C)(C)CON=C(C)C)CC(C)=C(C)C1. The summed E-state index contributed by atoms with van der Waals surface area (Å²) < 4.78 is 4.90. The number of oxime groups is 2. The summed E-state index contributed by atoms with van der Waals surface area (Å²) in [6, 6.07) is 0. The first-order valence-electron chi connectivity index (χ1n) is 8.34. The zero-order valence-electron chi connectivity index (χ0n) is 16.6. The lowest BCUT2D eigenvalue weighted by Gasteiger charge is -2.33. The Bertz CT molecular complexity index is 636. The van der Waals surface area contributed by atoms with Crippen molar-refractivity contribution in [1.82, 2.24) is 0 Å². The normalized spacial score (nSPS) is 15.3. The minimum atomic E-state index is -0.499. The van der Waals surface area contributed by atoms with Crippen LogP contribution in [-0.2, 0) is 19.2 Å². The van der Waals surface area contributed by atoms with E-state index in [2.05, 4.69) is 38.0 Å². The molecule has 0 saturated carbocycles. The molecule has 1 rings (SSSR count). The van der Waals surface area contributed by atoms with Crippen LogP contribution in [0.15, 0.2) is 32.6 Å². The Labute approximate surface area is 157 Å². The van der Waals surface area contributed by atoms with Gasteiger partial charge in [0.15, 0.2) is 5.71 Å². The first kappa shape index (κ1) is 23.9. The first-order valence-corrected chi connectivity index (χ1v) is 8.34. The van der Waals surface area contributed by atoms with Crippen LogP contribution in [0.2, 0.25) is 0 Å². The van der Waals surface area contributed by atoms with E-state index in [0.717, 1.165) is 23.3 Å². The second-order valence-corrected chi connectivity index (χ2v) is 7.18. The Morgan fingerprint density at radius 1 is 1.08 bits per heavy atom. The van der Waals surface area contributed by atoms with Crippen LogP contribution in [0.25, 0.3) is 0 Å². The molecular weight excluding hydrogens is 332 g/mol. The van der Waals surface area contributed by atoms with E-state index in [1.807, 2.05) is 13.8 Å². The van der Waals surface area contributed by atoms with Crippen LogP contribution in [0, 0.1) is 5.41 Å². The lowest BCUT2D eigenvalue weighted by Crippen LogP contribution is -2.29. The Hall–Kier alpha value is -2.11. The Balaban J connectivity index is 0.00000625. The molecule has 26 heavy (non-hydrogen) atoms. The molecule has 0 aromatic carbocycles. The van der Waals surface area contributed by atoms with Gasteiger partial charge in [-0.05, 0) is 46.1 Å². The summed E-state index contributed by atoms with van der Waals surface area (Å²) in [5.74, 6) is -0.499. The third-order valence-corrected chi connectivity index (χ3v) is 4.31. The van der Waals surface area contributed by atoms with E-state index in [1.54, 1.807) is 0 Å². The van der Waals surface area contributed by atoms with Crippen LogP contribution in [0.5, 0.6) is 0 Å². The third kappa shape index (κ3) is 6.00. The number of esters is 1.